The van der Waals surface area contributed by atoms with Crippen LogP contribution in [0.1, 0.15) is 6.92 Å². The van der Waals surface area contributed by atoms with Crippen LogP contribution in [0.3, 0.4) is 0 Å². The molecule has 0 amide bonds. The van der Waals surface area contributed by atoms with Crippen LogP contribution < -0.4 is 5.32 Å². The van der Waals surface area contributed by atoms with Crippen molar-refractivity contribution in [2.24, 2.45) is 0 Å². The number of allylic oxidation sites excluding steroid dienone is 2. The van der Waals surface area contributed by atoms with Gasteiger partial charge in [0.2, 0.25) is 0 Å². The highest BCUT2D eigenvalue weighted by molar-refractivity contribution is 5.78. The Labute approximate surface area is 72.4 Å². The first-order valence-electron chi connectivity index (χ1n) is 3.57. The third kappa shape index (κ3) is 3.05. The van der Waals surface area contributed by atoms with E-state index in [2.05, 4.69) is 11.9 Å². The van der Waals surface area contributed by atoms with E-state index >= 15 is 0 Å². The third-order valence-corrected chi connectivity index (χ3v) is 1.18. The summed E-state index contributed by atoms with van der Waals surface area (Å²) in [5.41, 5.74) is 0.458. The van der Waals surface area contributed by atoms with Crippen LogP contribution in [0.2, 0.25) is 0 Å². The Balaban J connectivity index is 4.56. The van der Waals surface area contributed by atoms with Crippen molar-refractivity contribution < 1.29 is 9.53 Å². The summed E-state index contributed by atoms with van der Waals surface area (Å²) in [6.45, 7) is 5.18. The Hall–Kier alpha value is -1.51. The summed E-state index contributed by atoms with van der Waals surface area (Å²) in [6, 6.07) is 0. The molecule has 0 spiro atoms. The first-order valence-corrected chi connectivity index (χ1v) is 3.57. The highest BCUT2D eigenvalue weighted by atomic mass is 16.5. The molecule has 0 aromatic carbocycles. The van der Waals surface area contributed by atoms with Crippen molar-refractivity contribution in [3.8, 4) is 0 Å². The van der Waals surface area contributed by atoms with Crippen molar-refractivity contribution in [3.63, 3.8) is 0 Å². The number of aldehydes is 1. The Kier molecular flexibility index (Phi) is 5.43. The number of carbonyl (C=O) groups is 1. The zero-order chi connectivity index (χ0) is 9.40. The van der Waals surface area contributed by atoms with Gasteiger partial charge in [0, 0.05) is 13.2 Å². The van der Waals surface area contributed by atoms with E-state index < -0.39 is 0 Å². The fourth-order valence-corrected chi connectivity index (χ4v) is 0.711. The summed E-state index contributed by atoms with van der Waals surface area (Å²) in [4.78, 5) is 10.5. The number of ether oxygens (including phenoxy) is 1. The van der Waals surface area contributed by atoms with Gasteiger partial charge in [0.1, 0.15) is 5.76 Å². The zero-order valence-corrected chi connectivity index (χ0v) is 7.33. The summed E-state index contributed by atoms with van der Waals surface area (Å²) in [7, 11) is 1.71. The molecule has 0 unspecified atom stereocenters. The maximum Gasteiger partial charge on any atom is 0.155 e. The summed E-state index contributed by atoms with van der Waals surface area (Å²) in [5, 5.41) is 2.74. The highest BCUT2D eigenvalue weighted by Gasteiger charge is 2.01. The summed E-state index contributed by atoms with van der Waals surface area (Å²) in [5.74, 6) is 0.495. The van der Waals surface area contributed by atoms with Crippen LogP contribution in [0.4, 0.5) is 0 Å². The molecule has 0 saturated heterocycles. The van der Waals surface area contributed by atoms with Gasteiger partial charge < -0.3 is 10.1 Å². The van der Waals surface area contributed by atoms with E-state index in [0.717, 1.165) is 6.29 Å². The van der Waals surface area contributed by atoms with Crippen molar-refractivity contribution in [1.82, 2.24) is 5.32 Å². The molecule has 3 nitrogen and oxygen atoms in total. The largest absolute Gasteiger partial charge is 0.465 e. The Bertz CT molecular complexity index is 217. The molecule has 66 valence electrons. The van der Waals surface area contributed by atoms with Crippen molar-refractivity contribution in [2.75, 3.05) is 7.05 Å². The second-order valence-electron chi connectivity index (χ2n) is 1.94. The predicted molar refractivity (Wildman–Crippen MR) is 48.2 cm³/mol. The van der Waals surface area contributed by atoms with Crippen LogP contribution in [0, 0.1) is 0 Å². The minimum absolute atomic E-state index is 0.458. The molecule has 0 bridgehead atoms. The number of nitrogens with one attached hydrogen (secondary N) is 1. The van der Waals surface area contributed by atoms with E-state index in [-0.39, 0.29) is 0 Å². The molecule has 0 aromatic rings. The van der Waals surface area contributed by atoms with Gasteiger partial charge in [-0.1, -0.05) is 6.58 Å². The van der Waals surface area contributed by atoms with Gasteiger partial charge in [-0.15, -0.1) is 0 Å². The molecule has 0 fully saturated rings. The van der Waals surface area contributed by atoms with Crippen LogP contribution in [0.25, 0.3) is 0 Å². The van der Waals surface area contributed by atoms with Crippen molar-refractivity contribution in [3.05, 3.63) is 36.4 Å². The minimum atomic E-state index is 0.458. The normalized spacial score (nSPS) is 12.2. The van der Waals surface area contributed by atoms with E-state index in [1.54, 1.807) is 26.2 Å². The lowest BCUT2D eigenvalue weighted by atomic mass is 10.2. The van der Waals surface area contributed by atoms with E-state index in [9.17, 15) is 4.79 Å². The fraction of sp³-hybridized carbons (Fsp3) is 0.222. The van der Waals surface area contributed by atoms with Gasteiger partial charge in [-0.05, 0) is 13.0 Å². The highest BCUT2D eigenvalue weighted by Crippen LogP contribution is 2.07. The number of rotatable bonds is 5. The fourth-order valence-electron chi connectivity index (χ4n) is 0.711. The summed E-state index contributed by atoms with van der Waals surface area (Å²) >= 11 is 0. The molecular weight excluding hydrogens is 154 g/mol. The van der Waals surface area contributed by atoms with E-state index in [0.29, 0.717) is 11.3 Å². The van der Waals surface area contributed by atoms with Gasteiger partial charge in [-0.2, -0.15) is 0 Å². The van der Waals surface area contributed by atoms with Crippen LogP contribution in [0.5, 0.6) is 0 Å². The predicted octanol–water partition coefficient (Wildman–Crippen LogP) is 1.35. The van der Waals surface area contributed by atoms with Crippen molar-refractivity contribution in [1.29, 1.82) is 0 Å². The van der Waals surface area contributed by atoms with Crippen LogP contribution >= 0.6 is 0 Å². The molecule has 0 aliphatic carbocycles. The molecule has 0 aromatic heterocycles. The van der Waals surface area contributed by atoms with E-state index in [4.69, 9.17) is 4.74 Å². The molecule has 0 heterocycles. The molecule has 0 saturated carbocycles. The first-order chi connectivity index (χ1) is 5.79. The lowest BCUT2D eigenvalue weighted by Crippen LogP contribution is -2.01. The Morgan fingerprint density at radius 1 is 1.58 bits per heavy atom. The van der Waals surface area contributed by atoms with Crippen molar-refractivity contribution >= 4 is 6.29 Å². The quantitative estimate of drug-likeness (QED) is 0.291. The minimum Gasteiger partial charge on any atom is -0.465 e. The average molecular weight is 167 g/mol. The summed E-state index contributed by atoms with van der Waals surface area (Å²) < 4.78 is 4.98. The molecule has 3 heteroatoms. The van der Waals surface area contributed by atoms with Gasteiger partial charge in [-0.25, -0.2) is 0 Å². The second-order valence-corrected chi connectivity index (χ2v) is 1.94. The molecule has 0 atom stereocenters. The molecule has 0 rings (SSSR count). The molecule has 1 N–H and O–H groups in total. The van der Waals surface area contributed by atoms with Gasteiger partial charge in [0.05, 0.1) is 11.8 Å². The van der Waals surface area contributed by atoms with Crippen molar-refractivity contribution in [2.45, 2.75) is 6.92 Å². The third-order valence-electron chi connectivity index (χ3n) is 1.18. The van der Waals surface area contributed by atoms with Gasteiger partial charge >= 0.3 is 0 Å². The smallest absolute Gasteiger partial charge is 0.155 e. The standard InChI is InChI=1S/C9H13NO2/c1-4-9(12-5-2)8(7-11)6-10-3/h4-7,10H,2H2,1,3H3/b8-6+,9-4-. The zero-order valence-electron chi connectivity index (χ0n) is 7.33. The van der Waals surface area contributed by atoms with Crippen LogP contribution in [-0.2, 0) is 9.53 Å². The van der Waals surface area contributed by atoms with E-state index in [1.807, 2.05) is 0 Å². The maximum atomic E-state index is 10.5. The molecule has 12 heavy (non-hydrogen) atoms. The second kappa shape index (κ2) is 6.22. The molecule has 0 aliphatic heterocycles. The monoisotopic (exact) mass is 167 g/mol. The Morgan fingerprint density at radius 3 is 2.58 bits per heavy atom. The van der Waals surface area contributed by atoms with E-state index in [1.165, 1.54) is 6.26 Å². The summed E-state index contributed by atoms with van der Waals surface area (Å²) in [6.07, 6.45) is 5.25. The maximum absolute atomic E-state index is 10.5. The molecule has 0 aliphatic rings. The number of hydrogen-bond acceptors (Lipinski definition) is 3. The Morgan fingerprint density at radius 2 is 2.25 bits per heavy atom. The van der Waals surface area contributed by atoms with Gasteiger partial charge in [0.25, 0.3) is 0 Å². The molecular formula is C9H13NO2. The lowest BCUT2D eigenvalue weighted by molar-refractivity contribution is -0.104. The average Bonchev–Trinajstić information content (AvgIpc) is 2.11. The van der Waals surface area contributed by atoms with Crippen LogP contribution in [-0.4, -0.2) is 13.3 Å². The lowest BCUT2D eigenvalue weighted by Gasteiger charge is -2.03. The topological polar surface area (TPSA) is 38.3 Å². The number of hydrogen-bond donors (Lipinski definition) is 1. The van der Waals surface area contributed by atoms with Gasteiger partial charge in [-0.3, -0.25) is 4.79 Å². The molecule has 0 radical (unpaired) electrons. The van der Waals surface area contributed by atoms with Crippen LogP contribution in [0.15, 0.2) is 36.4 Å². The first kappa shape index (κ1) is 10.5. The SMILES string of the molecule is C=COC(=C\C)/C(C=O)=C/NC. The van der Waals surface area contributed by atoms with Gasteiger partial charge in [0.15, 0.2) is 6.29 Å². The number of carbonyl (C=O) groups excluding carboxylic acids is 1.